The van der Waals surface area contributed by atoms with Gasteiger partial charge in [-0.2, -0.15) is 0 Å². The SMILES string of the molecule is CCCCCCC(NCCC)c1ncccc1C. The van der Waals surface area contributed by atoms with Crippen LogP contribution < -0.4 is 5.32 Å². The monoisotopic (exact) mass is 248 g/mol. The lowest BCUT2D eigenvalue weighted by molar-refractivity contribution is 0.460. The molecule has 0 bridgehead atoms. The lowest BCUT2D eigenvalue weighted by Gasteiger charge is -2.19. The second-order valence-electron chi connectivity index (χ2n) is 5.06. The van der Waals surface area contributed by atoms with E-state index >= 15 is 0 Å². The molecule has 1 aromatic heterocycles. The van der Waals surface area contributed by atoms with E-state index in [9.17, 15) is 0 Å². The van der Waals surface area contributed by atoms with E-state index in [-0.39, 0.29) is 0 Å². The molecule has 18 heavy (non-hydrogen) atoms. The Morgan fingerprint density at radius 1 is 1.17 bits per heavy atom. The van der Waals surface area contributed by atoms with Crippen molar-refractivity contribution in [2.24, 2.45) is 0 Å². The molecule has 2 nitrogen and oxygen atoms in total. The molecule has 0 saturated carbocycles. The van der Waals surface area contributed by atoms with E-state index in [4.69, 9.17) is 0 Å². The molecule has 0 radical (unpaired) electrons. The highest BCUT2D eigenvalue weighted by Gasteiger charge is 2.13. The summed E-state index contributed by atoms with van der Waals surface area (Å²) in [6, 6.07) is 4.62. The maximum Gasteiger partial charge on any atom is 0.0602 e. The van der Waals surface area contributed by atoms with Gasteiger partial charge in [0.1, 0.15) is 0 Å². The summed E-state index contributed by atoms with van der Waals surface area (Å²) in [5.74, 6) is 0. The topological polar surface area (TPSA) is 24.9 Å². The molecular weight excluding hydrogens is 220 g/mol. The summed E-state index contributed by atoms with van der Waals surface area (Å²) in [5.41, 5.74) is 2.55. The normalized spacial score (nSPS) is 12.6. The third-order valence-electron chi connectivity index (χ3n) is 3.37. The number of nitrogens with one attached hydrogen (secondary N) is 1. The minimum Gasteiger partial charge on any atom is -0.309 e. The second-order valence-corrected chi connectivity index (χ2v) is 5.06. The van der Waals surface area contributed by atoms with Gasteiger partial charge in [-0.1, -0.05) is 45.6 Å². The molecule has 1 atom stereocenters. The first kappa shape index (κ1) is 15.2. The summed E-state index contributed by atoms with van der Waals surface area (Å²) >= 11 is 0. The molecular formula is C16H28N2. The quantitative estimate of drug-likeness (QED) is 0.655. The Labute approximate surface area is 112 Å². The van der Waals surface area contributed by atoms with Crippen LogP contribution in [0.5, 0.6) is 0 Å². The molecule has 0 saturated heterocycles. The van der Waals surface area contributed by atoms with Crippen molar-refractivity contribution in [3.63, 3.8) is 0 Å². The Morgan fingerprint density at radius 3 is 2.67 bits per heavy atom. The van der Waals surface area contributed by atoms with Crippen LogP contribution in [0.1, 0.15) is 69.7 Å². The highest BCUT2D eigenvalue weighted by molar-refractivity contribution is 5.21. The highest BCUT2D eigenvalue weighted by atomic mass is 14.9. The molecule has 1 aromatic rings. The Kier molecular flexibility index (Phi) is 7.66. The first-order valence-corrected chi connectivity index (χ1v) is 7.44. The number of unbranched alkanes of at least 4 members (excludes halogenated alkanes) is 3. The fraction of sp³-hybridized carbons (Fsp3) is 0.688. The Hall–Kier alpha value is -0.890. The largest absolute Gasteiger partial charge is 0.309 e. The number of hydrogen-bond acceptors (Lipinski definition) is 2. The first-order chi connectivity index (χ1) is 8.79. The molecule has 0 spiro atoms. The number of nitrogens with zero attached hydrogens (tertiary/aromatic N) is 1. The van der Waals surface area contributed by atoms with Crippen molar-refractivity contribution >= 4 is 0 Å². The average molecular weight is 248 g/mol. The maximum atomic E-state index is 4.57. The number of pyridine rings is 1. The number of hydrogen-bond donors (Lipinski definition) is 1. The van der Waals surface area contributed by atoms with Crippen molar-refractivity contribution in [3.8, 4) is 0 Å². The predicted octanol–water partition coefficient (Wildman–Crippen LogP) is 4.40. The molecule has 1 heterocycles. The van der Waals surface area contributed by atoms with Crippen LogP contribution >= 0.6 is 0 Å². The molecule has 0 aliphatic heterocycles. The fourth-order valence-corrected chi connectivity index (χ4v) is 2.29. The summed E-state index contributed by atoms with van der Waals surface area (Å²) in [6.45, 7) is 7.71. The molecule has 1 rings (SSSR count). The Morgan fingerprint density at radius 2 is 2.00 bits per heavy atom. The lowest BCUT2D eigenvalue weighted by Crippen LogP contribution is -2.23. The van der Waals surface area contributed by atoms with Crippen LogP contribution in [0.15, 0.2) is 18.3 Å². The summed E-state index contributed by atoms with van der Waals surface area (Å²) in [5, 5.41) is 3.64. The number of aromatic nitrogens is 1. The Bertz CT molecular complexity index is 323. The Balaban J connectivity index is 2.57. The van der Waals surface area contributed by atoms with Crippen LogP contribution in [-0.2, 0) is 0 Å². The van der Waals surface area contributed by atoms with Gasteiger partial charge in [-0.3, -0.25) is 4.98 Å². The summed E-state index contributed by atoms with van der Waals surface area (Å²) in [7, 11) is 0. The van der Waals surface area contributed by atoms with E-state index in [1.165, 1.54) is 49.8 Å². The van der Waals surface area contributed by atoms with E-state index in [0.29, 0.717) is 6.04 Å². The van der Waals surface area contributed by atoms with Crippen molar-refractivity contribution in [1.82, 2.24) is 10.3 Å². The van der Waals surface area contributed by atoms with Gasteiger partial charge in [0.15, 0.2) is 0 Å². The van der Waals surface area contributed by atoms with Crippen LogP contribution in [0.25, 0.3) is 0 Å². The molecule has 1 N–H and O–H groups in total. The van der Waals surface area contributed by atoms with E-state index in [2.05, 4.69) is 37.1 Å². The fourth-order valence-electron chi connectivity index (χ4n) is 2.29. The summed E-state index contributed by atoms with van der Waals surface area (Å²) in [6.07, 6.45) is 9.58. The van der Waals surface area contributed by atoms with E-state index in [1.54, 1.807) is 0 Å². The van der Waals surface area contributed by atoms with E-state index in [1.807, 2.05) is 12.3 Å². The van der Waals surface area contributed by atoms with Gasteiger partial charge in [0, 0.05) is 12.2 Å². The molecule has 0 fully saturated rings. The summed E-state index contributed by atoms with van der Waals surface area (Å²) < 4.78 is 0. The van der Waals surface area contributed by atoms with Crippen molar-refractivity contribution in [2.45, 2.75) is 65.3 Å². The molecule has 0 aliphatic carbocycles. The molecule has 0 aliphatic rings. The zero-order valence-electron chi connectivity index (χ0n) is 12.2. The van der Waals surface area contributed by atoms with Gasteiger partial charge in [0.05, 0.1) is 5.69 Å². The minimum absolute atomic E-state index is 0.433. The molecule has 2 heteroatoms. The van der Waals surface area contributed by atoms with Gasteiger partial charge in [0.2, 0.25) is 0 Å². The number of rotatable bonds is 9. The standard InChI is InChI=1S/C16H28N2/c1-4-6-7-8-11-15(17-12-5-2)16-14(3)10-9-13-18-16/h9-10,13,15,17H,4-8,11-12H2,1-3H3. The smallest absolute Gasteiger partial charge is 0.0602 e. The first-order valence-electron chi connectivity index (χ1n) is 7.44. The van der Waals surface area contributed by atoms with Crippen molar-refractivity contribution in [3.05, 3.63) is 29.6 Å². The van der Waals surface area contributed by atoms with Crippen LogP contribution in [0, 0.1) is 6.92 Å². The predicted molar refractivity (Wildman–Crippen MR) is 78.8 cm³/mol. The van der Waals surface area contributed by atoms with Gasteiger partial charge in [0.25, 0.3) is 0 Å². The van der Waals surface area contributed by atoms with Gasteiger partial charge >= 0.3 is 0 Å². The maximum absolute atomic E-state index is 4.57. The van der Waals surface area contributed by atoms with Gasteiger partial charge < -0.3 is 5.32 Å². The average Bonchev–Trinajstić information content (AvgIpc) is 2.39. The zero-order valence-corrected chi connectivity index (χ0v) is 12.2. The summed E-state index contributed by atoms with van der Waals surface area (Å²) in [4.78, 5) is 4.57. The second kappa shape index (κ2) is 9.09. The third-order valence-corrected chi connectivity index (χ3v) is 3.37. The van der Waals surface area contributed by atoms with Crippen molar-refractivity contribution in [2.75, 3.05) is 6.54 Å². The molecule has 0 amide bonds. The van der Waals surface area contributed by atoms with E-state index < -0.39 is 0 Å². The van der Waals surface area contributed by atoms with Crippen LogP contribution in [-0.4, -0.2) is 11.5 Å². The molecule has 0 aromatic carbocycles. The van der Waals surface area contributed by atoms with Gasteiger partial charge in [-0.05, 0) is 37.9 Å². The third kappa shape index (κ3) is 5.18. The van der Waals surface area contributed by atoms with Crippen molar-refractivity contribution < 1.29 is 0 Å². The van der Waals surface area contributed by atoms with Crippen LogP contribution in [0.4, 0.5) is 0 Å². The molecule has 102 valence electrons. The van der Waals surface area contributed by atoms with Crippen LogP contribution in [0.2, 0.25) is 0 Å². The van der Waals surface area contributed by atoms with E-state index in [0.717, 1.165) is 6.54 Å². The van der Waals surface area contributed by atoms with Crippen molar-refractivity contribution in [1.29, 1.82) is 0 Å². The lowest BCUT2D eigenvalue weighted by atomic mass is 10.0. The van der Waals surface area contributed by atoms with Gasteiger partial charge in [-0.25, -0.2) is 0 Å². The van der Waals surface area contributed by atoms with Gasteiger partial charge in [-0.15, -0.1) is 0 Å². The number of aryl methyl sites for hydroxylation is 1. The highest BCUT2D eigenvalue weighted by Crippen LogP contribution is 2.21. The minimum atomic E-state index is 0.433. The van der Waals surface area contributed by atoms with Crippen LogP contribution in [0.3, 0.4) is 0 Å². The zero-order chi connectivity index (χ0) is 13.2. The molecule has 1 unspecified atom stereocenters.